The summed E-state index contributed by atoms with van der Waals surface area (Å²) in [5.41, 5.74) is 5.13. The Morgan fingerprint density at radius 2 is 1.90 bits per heavy atom. The van der Waals surface area contributed by atoms with Crippen molar-refractivity contribution < 1.29 is 24.6 Å². The van der Waals surface area contributed by atoms with Crippen LogP contribution in [0, 0.1) is 0 Å². The molecule has 1 unspecified atom stereocenters. The van der Waals surface area contributed by atoms with E-state index >= 15 is 0 Å². The molecule has 8 nitrogen and oxygen atoms in total. The second-order valence-electron chi connectivity index (χ2n) is 4.89. The first-order valence-electron chi connectivity index (χ1n) is 6.64. The van der Waals surface area contributed by atoms with Gasteiger partial charge in [0.2, 0.25) is 5.91 Å². The number of hydrogen-bond donors (Lipinski definition) is 4. The highest BCUT2D eigenvalue weighted by molar-refractivity contribution is 5.86. The third-order valence-electron chi connectivity index (χ3n) is 3.37. The van der Waals surface area contributed by atoms with Crippen LogP contribution in [-0.4, -0.2) is 58.3 Å². The number of rotatable bonds is 7. The Bertz CT molecular complexity index is 368. The highest BCUT2D eigenvalue weighted by atomic mass is 16.4. The lowest BCUT2D eigenvalue weighted by Crippen LogP contribution is -2.53. The summed E-state index contributed by atoms with van der Waals surface area (Å²) < 4.78 is 0. The molecule has 20 heavy (non-hydrogen) atoms. The summed E-state index contributed by atoms with van der Waals surface area (Å²) >= 11 is 0. The van der Waals surface area contributed by atoms with Crippen LogP contribution in [0.5, 0.6) is 0 Å². The number of aliphatic hydroxyl groups is 1. The average Bonchev–Trinajstić information content (AvgIpc) is 2.88. The molecule has 1 saturated carbocycles. The van der Waals surface area contributed by atoms with Crippen molar-refractivity contribution in [2.75, 3.05) is 13.2 Å². The second kappa shape index (κ2) is 7.68. The van der Waals surface area contributed by atoms with Crippen LogP contribution in [0.25, 0.3) is 0 Å². The van der Waals surface area contributed by atoms with Gasteiger partial charge in [-0.05, 0) is 12.8 Å². The molecule has 1 aliphatic rings. The predicted molar refractivity (Wildman–Crippen MR) is 69.8 cm³/mol. The predicted octanol–water partition coefficient (Wildman–Crippen LogP) is -0.738. The van der Waals surface area contributed by atoms with Gasteiger partial charge in [0.15, 0.2) is 0 Å². The maximum absolute atomic E-state index is 12.1. The average molecular weight is 287 g/mol. The van der Waals surface area contributed by atoms with E-state index in [-0.39, 0.29) is 25.6 Å². The van der Waals surface area contributed by atoms with Crippen molar-refractivity contribution in [3.63, 3.8) is 0 Å². The number of aliphatic hydroxyl groups excluding tert-OH is 1. The number of nitrogens with zero attached hydrogens (tertiary/aromatic N) is 1. The van der Waals surface area contributed by atoms with Gasteiger partial charge >= 0.3 is 12.0 Å². The highest BCUT2D eigenvalue weighted by Crippen LogP contribution is 2.23. The molecule has 1 aliphatic carbocycles. The molecule has 5 N–H and O–H groups in total. The number of urea groups is 1. The summed E-state index contributed by atoms with van der Waals surface area (Å²) in [5.74, 6) is -1.86. The van der Waals surface area contributed by atoms with Crippen LogP contribution < -0.4 is 11.1 Å². The van der Waals surface area contributed by atoms with E-state index in [1.807, 2.05) is 0 Å². The van der Waals surface area contributed by atoms with Crippen LogP contribution in [0.4, 0.5) is 4.79 Å². The zero-order valence-corrected chi connectivity index (χ0v) is 11.2. The molecule has 0 saturated heterocycles. The molecule has 0 bridgehead atoms. The smallest absolute Gasteiger partial charge is 0.326 e. The third kappa shape index (κ3) is 4.69. The molecule has 1 atom stereocenters. The van der Waals surface area contributed by atoms with Gasteiger partial charge in [0.1, 0.15) is 12.6 Å². The first-order valence-corrected chi connectivity index (χ1v) is 6.64. The molecule has 0 aromatic rings. The quantitative estimate of drug-likeness (QED) is 0.489. The van der Waals surface area contributed by atoms with Gasteiger partial charge in [-0.2, -0.15) is 0 Å². The fourth-order valence-corrected chi connectivity index (χ4v) is 2.37. The number of carboxylic acid groups (broad SMARTS) is 1. The van der Waals surface area contributed by atoms with Crippen molar-refractivity contribution >= 4 is 17.9 Å². The van der Waals surface area contributed by atoms with Crippen molar-refractivity contribution in [1.82, 2.24) is 10.2 Å². The largest absolute Gasteiger partial charge is 0.480 e. The zero-order chi connectivity index (χ0) is 15.1. The van der Waals surface area contributed by atoms with E-state index in [4.69, 9.17) is 15.9 Å². The summed E-state index contributed by atoms with van der Waals surface area (Å²) in [7, 11) is 0. The van der Waals surface area contributed by atoms with Gasteiger partial charge in [0, 0.05) is 19.1 Å². The number of aliphatic carboxylic acids is 1. The van der Waals surface area contributed by atoms with Gasteiger partial charge in [-0.25, -0.2) is 9.59 Å². The van der Waals surface area contributed by atoms with Crippen molar-refractivity contribution in [3.05, 3.63) is 0 Å². The molecule has 3 amide bonds. The molecule has 0 aromatic carbocycles. The number of nitrogens with two attached hydrogens (primary N) is 1. The highest BCUT2D eigenvalue weighted by Gasteiger charge is 2.30. The van der Waals surface area contributed by atoms with Crippen LogP contribution in [0.3, 0.4) is 0 Å². The molecule has 1 rings (SSSR count). The molecule has 0 aliphatic heterocycles. The van der Waals surface area contributed by atoms with Gasteiger partial charge < -0.3 is 26.2 Å². The molecular weight excluding hydrogens is 266 g/mol. The summed E-state index contributed by atoms with van der Waals surface area (Å²) in [6.45, 7) is -0.585. The van der Waals surface area contributed by atoms with Gasteiger partial charge in [-0.1, -0.05) is 12.8 Å². The van der Waals surface area contributed by atoms with Crippen LogP contribution in [0.1, 0.15) is 32.1 Å². The Labute approximate surface area is 116 Å². The van der Waals surface area contributed by atoms with Gasteiger partial charge in [0.25, 0.3) is 0 Å². The van der Waals surface area contributed by atoms with Crippen molar-refractivity contribution in [2.24, 2.45) is 5.73 Å². The van der Waals surface area contributed by atoms with Crippen molar-refractivity contribution in [1.29, 1.82) is 0 Å². The minimum atomic E-state index is -1.22. The fraction of sp³-hybridized carbons (Fsp3) is 0.750. The van der Waals surface area contributed by atoms with Crippen LogP contribution in [0.2, 0.25) is 0 Å². The summed E-state index contributed by atoms with van der Waals surface area (Å²) in [6, 6.07) is -1.90. The number of primary amides is 1. The zero-order valence-electron chi connectivity index (χ0n) is 11.2. The Kier molecular flexibility index (Phi) is 6.23. The molecular formula is C12H21N3O5. The molecule has 0 aromatic heterocycles. The second-order valence-corrected chi connectivity index (χ2v) is 4.89. The number of carboxylic acids is 1. The maximum atomic E-state index is 12.1. The van der Waals surface area contributed by atoms with E-state index in [1.165, 1.54) is 4.90 Å². The number of amides is 3. The lowest BCUT2D eigenvalue weighted by molar-refractivity contribution is -0.139. The van der Waals surface area contributed by atoms with E-state index < -0.39 is 23.9 Å². The van der Waals surface area contributed by atoms with E-state index in [1.54, 1.807) is 0 Å². The normalized spacial score (nSPS) is 16.6. The number of carbonyl (C=O) groups excluding carboxylic acids is 2. The standard InChI is InChI=1S/C12H21N3O5/c13-10(17)7-15(8-3-1-2-4-8)12(20)14-9(5-6-16)11(18)19/h8-9,16H,1-7H2,(H2,13,17)(H,14,20)(H,18,19). The van der Waals surface area contributed by atoms with E-state index in [9.17, 15) is 14.4 Å². The fourth-order valence-electron chi connectivity index (χ4n) is 2.37. The summed E-state index contributed by atoms with van der Waals surface area (Å²) in [6.07, 6.45) is 3.39. The molecule has 0 spiro atoms. The van der Waals surface area contributed by atoms with Gasteiger partial charge in [0.05, 0.1) is 0 Å². The SMILES string of the molecule is NC(=O)CN(C(=O)NC(CCO)C(=O)O)C1CCCC1. The molecule has 0 radical (unpaired) electrons. The molecule has 0 heterocycles. The Morgan fingerprint density at radius 1 is 1.30 bits per heavy atom. The molecule has 1 fully saturated rings. The summed E-state index contributed by atoms with van der Waals surface area (Å²) in [5, 5.41) is 20.1. The van der Waals surface area contributed by atoms with Crippen LogP contribution in [0.15, 0.2) is 0 Å². The lowest BCUT2D eigenvalue weighted by Gasteiger charge is -2.29. The van der Waals surface area contributed by atoms with Crippen molar-refractivity contribution in [2.45, 2.75) is 44.2 Å². The minimum absolute atomic E-state index is 0.0872. The van der Waals surface area contributed by atoms with E-state index in [2.05, 4.69) is 5.32 Å². The van der Waals surface area contributed by atoms with Gasteiger partial charge in [-0.15, -0.1) is 0 Å². The van der Waals surface area contributed by atoms with E-state index in [0.717, 1.165) is 25.7 Å². The maximum Gasteiger partial charge on any atom is 0.326 e. The first-order chi connectivity index (χ1) is 9.45. The number of carbonyl (C=O) groups is 3. The topological polar surface area (TPSA) is 133 Å². The van der Waals surface area contributed by atoms with E-state index in [0.29, 0.717) is 0 Å². The van der Waals surface area contributed by atoms with Crippen LogP contribution >= 0.6 is 0 Å². The third-order valence-corrected chi connectivity index (χ3v) is 3.37. The number of nitrogens with one attached hydrogen (secondary N) is 1. The van der Waals surface area contributed by atoms with Gasteiger partial charge in [-0.3, -0.25) is 4.79 Å². The monoisotopic (exact) mass is 287 g/mol. The Morgan fingerprint density at radius 3 is 2.35 bits per heavy atom. The lowest BCUT2D eigenvalue weighted by atomic mass is 10.2. The number of hydrogen-bond acceptors (Lipinski definition) is 4. The summed E-state index contributed by atoms with van der Waals surface area (Å²) in [4.78, 5) is 35.4. The Hall–Kier alpha value is -1.83. The first kappa shape index (κ1) is 16.2. The molecule has 114 valence electrons. The Balaban J connectivity index is 2.70. The minimum Gasteiger partial charge on any atom is -0.480 e. The van der Waals surface area contributed by atoms with Crippen LogP contribution in [-0.2, 0) is 9.59 Å². The van der Waals surface area contributed by atoms with Crippen molar-refractivity contribution in [3.8, 4) is 0 Å². The molecule has 8 heteroatoms.